The van der Waals surface area contributed by atoms with Crippen LogP contribution in [0.4, 0.5) is 0 Å². The van der Waals surface area contributed by atoms with Crippen molar-refractivity contribution in [1.82, 2.24) is 4.90 Å². The molecular weight excluding hydrogens is 244 g/mol. The molecule has 0 aromatic rings. The van der Waals surface area contributed by atoms with Gasteiger partial charge in [-0.3, -0.25) is 0 Å². The minimum atomic E-state index is 0.405. The van der Waals surface area contributed by atoms with Crippen molar-refractivity contribution in [2.45, 2.75) is 79.3 Å². The molecule has 0 bridgehead atoms. The van der Waals surface area contributed by atoms with Crippen LogP contribution in [-0.4, -0.2) is 30.6 Å². The standard InChI is InChI=1S/C18H38N2/c1-13(2)10-14(3)20(7)12-15-11-16(18(4,5)6)8-9-17(15)19/h13-17H,8-12,19H2,1-7H3. The predicted octanol–water partition coefficient (Wildman–Crippen LogP) is 4.14. The summed E-state index contributed by atoms with van der Waals surface area (Å²) in [5, 5.41) is 0. The van der Waals surface area contributed by atoms with E-state index in [0.717, 1.165) is 11.8 Å². The quantitative estimate of drug-likeness (QED) is 0.821. The van der Waals surface area contributed by atoms with Crippen LogP contribution in [-0.2, 0) is 0 Å². The van der Waals surface area contributed by atoms with Crippen molar-refractivity contribution in [1.29, 1.82) is 0 Å². The zero-order chi connectivity index (χ0) is 15.5. The third kappa shape index (κ3) is 5.37. The van der Waals surface area contributed by atoms with Gasteiger partial charge in [0.25, 0.3) is 0 Å². The second-order valence-corrected chi connectivity index (χ2v) is 8.72. The van der Waals surface area contributed by atoms with E-state index < -0.39 is 0 Å². The summed E-state index contributed by atoms with van der Waals surface area (Å²) < 4.78 is 0. The molecule has 0 aromatic heterocycles. The van der Waals surface area contributed by atoms with Crippen LogP contribution >= 0.6 is 0 Å². The van der Waals surface area contributed by atoms with Crippen molar-refractivity contribution in [2.24, 2.45) is 28.9 Å². The Morgan fingerprint density at radius 3 is 2.25 bits per heavy atom. The van der Waals surface area contributed by atoms with Gasteiger partial charge in [-0.25, -0.2) is 0 Å². The average Bonchev–Trinajstić information content (AvgIpc) is 2.29. The molecule has 0 radical (unpaired) electrons. The van der Waals surface area contributed by atoms with E-state index in [-0.39, 0.29) is 0 Å². The van der Waals surface area contributed by atoms with Gasteiger partial charge in [0.15, 0.2) is 0 Å². The molecule has 0 aliphatic heterocycles. The highest BCUT2D eigenvalue weighted by Gasteiger charge is 2.35. The van der Waals surface area contributed by atoms with Crippen LogP contribution in [0.5, 0.6) is 0 Å². The summed E-state index contributed by atoms with van der Waals surface area (Å²) in [5.74, 6) is 2.28. The topological polar surface area (TPSA) is 29.3 Å². The SMILES string of the molecule is CC(C)CC(C)N(C)CC1CC(C(C)(C)C)CCC1N. The summed E-state index contributed by atoms with van der Waals surface area (Å²) in [5.41, 5.74) is 6.84. The van der Waals surface area contributed by atoms with Gasteiger partial charge in [-0.2, -0.15) is 0 Å². The first-order chi connectivity index (χ1) is 9.11. The van der Waals surface area contributed by atoms with Crippen molar-refractivity contribution in [2.75, 3.05) is 13.6 Å². The Hall–Kier alpha value is -0.0800. The first kappa shape index (κ1) is 18.0. The lowest BCUT2D eigenvalue weighted by Crippen LogP contribution is -2.46. The normalized spacial score (nSPS) is 30.0. The van der Waals surface area contributed by atoms with E-state index in [1.807, 2.05) is 0 Å². The van der Waals surface area contributed by atoms with Crippen LogP contribution in [0, 0.1) is 23.2 Å². The fraction of sp³-hybridized carbons (Fsp3) is 1.00. The Morgan fingerprint density at radius 1 is 1.15 bits per heavy atom. The predicted molar refractivity (Wildman–Crippen MR) is 89.8 cm³/mol. The number of nitrogens with two attached hydrogens (primary N) is 1. The largest absolute Gasteiger partial charge is 0.327 e. The molecule has 0 spiro atoms. The van der Waals surface area contributed by atoms with E-state index in [2.05, 4.69) is 53.5 Å². The number of nitrogens with zero attached hydrogens (tertiary/aromatic N) is 1. The monoisotopic (exact) mass is 282 g/mol. The van der Waals surface area contributed by atoms with E-state index in [4.69, 9.17) is 5.73 Å². The van der Waals surface area contributed by atoms with Crippen LogP contribution in [0.3, 0.4) is 0 Å². The van der Waals surface area contributed by atoms with E-state index >= 15 is 0 Å². The molecule has 1 saturated carbocycles. The zero-order valence-corrected chi connectivity index (χ0v) is 14.9. The summed E-state index contributed by atoms with van der Waals surface area (Å²) in [6, 6.07) is 1.07. The van der Waals surface area contributed by atoms with Crippen molar-refractivity contribution in [3.8, 4) is 0 Å². The Kier molecular flexibility index (Phi) is 6.53. The Labute approximate surface area is 127 Å². The van der Waals surface area contributed by atoms with Gasteiger partial charge in [0, 0.05) is 18.6 Å². The number of hydrogen-bond acceptors (Lipinski definition) is 2. The molecule has 1 aliphatic rings. The summed E-state index contributed by atoms with van der Waals surface area (Å²) in [6.07, 6.45) is 5.11. The highest BCUT2D eigenvalue weighted by atomic mass is 15.1. The summed E-state index contributed by atoms with van der Waals surface area (Å²) in [6.45, 7) is 15.3. The zero-order valence-electron chi connectivity index (χ0n) is 14.9. The molecule has 0 heterocycles. The van der Waals surface area contributed by atoms with Gasteiger partial charge >= 0.3 is 0 Å². The first-order valence-electron chi connectivity index (χ1n) is 8.57. The maximum atomic E-state index is 6.41. The molecule has 2 N–H and O–H groups in total. The van der Waals surface area contributed by atoms with Gasteiger partial charge in [-0.05, 0) is 62.8 Å². The van der Waals surface area contributed by atoms with Crippen molar-refractivity contribution >= 4 is 0 Å². The summed E-state index contributed by atoms with van der Waals surface area (Å²) in [7, 11) is 2.28. The smallest absolute Gasteiger partial charge is 0.00795 e. The molecule has 1 rings (SSSR count). The third-order valence-electron chi connectivity index (χ3n) is 5.35. The van der Waals surface area contributed by atoms with Gasteiger partial charge in [0.05, 0.1) is 0 Å². The molecule has 4 atom stereocenters. The van der Waals surface area contributed by atoms with Crippen LogP contribution in [0.25, 0.3) is 0 Å². The molecule has 2 nitrogen and oxygen atoms in total. The third-order valence-corrected chi connectivity index (χ3v) is 5.35. The molecular formula is C18H38N2. The highest BCUT2D eigenvalue weighted by Crippen LogP contribution is 2.40. The van der Waals surface area contributed by atoms with E-state index in [0.29, 0.717) is 23.4 Å². The molecule has 0 saturated heterocycles. The molecule has 0 amide bonds. The Morgan fingerprint density at radius 2 is 1.75 bits per heavy atom. The van der Waals surface area contributed by atoms with Gasteiger partial charge in [-0.1, -0.05) is 34.6 Å². The highest BCUT2D eigenvalue weighted by molar-refractivity contribution is 4.89. The van der Waals surface area contributed by atoms with Crippen LogP contribution < -0.4 is 5.73 Å². The first-order valence-corrected chi connectivity index (χ1v) is 8.57. The lowest BCUT2D eigenvalue weighted by molar-refractivity contribution is 0.0931. The molecule has 20 heavy (non-hydrogen) atoms. The van der Waals surface area contributed by atoms with Gasteiger partial charge in [0.2, 0.25) is 0 Å². The molecule has 1 aliphatic carbocycles. The second kappa shape index (κ2) is 7.26. The van der Waals surface area contributed by atoms with Crippen molar-refractivity contribution in [3.63, 3.8) is 0 Å². The lowest BCUT2D eigenvalue weighted by atomic mass is 9.67. The van der Waals surface area contributed by atoms with E-state index in [1.165, 1.54) is 32.2 Å². The van der Waals surface area contributed by atoms with Crippen LogP contribution in [0.15, 0.2) is 0 Å². The Balaban J connectivity index is 2.55. The van der Waals surface area contributed by atoms with Gasteiger partial charge in [-0.15, -0.1) is 0 Å². The minimum absolute atomic E-state index is 0.405. The molecule has 2 heteroatoms. The summed E-state index contributed by atoms with van der Waals surface area (Å²) in [4.78, 5) is 2.54. The van der Waals surface area contributed by atoms with Gasteiger partial charge < -0.3 is 10.6 Å². The van der Waals surface area contributed by atoms with Crippen LogP contribution in [0.1, 0.15) is 67.2 Å². The minimum Gasteiger partial charge on any atom is -0.327 e. The van der Waals surface area contributed by atoms with Crippen molar-refractivity contribution < 1.29 is 0 Å². The van der Waals surface area contributed by atoms with Crippen LogP contribution in [0.2, 0.25) is 0 Å². The van der Waals surface area contributed by atoms with E-state index in [9.17, 15) is 0 Å². The number of rotatable bonds is 5. The molecule has 4 unspecified atom stereocenters. The average molecular weight is 283 g/mol. The van der Waals surface area contributed by atoms with Crippen molar-refractivity contribution in [3.05, 3.63) is 0 Å². The number of hydrogen-bond donors (Lipinski definition) is 1. The second-order valence-electron chi connectivity index (χ2n) is 8.72. The summed E-state index contributed by atoms with van der Waals surface area (Å²) >= 11 is 0. The van der Waals surface area contributed by atoms with Gasteiger partial charge in [0.1, 0.15) is 0 Å². The van der Waals surface area contributed by atoms with E-state index in [1.54, 1.807) is 0 Å². The molecule has 1 fully saturated rings. The lowest BCUT2D eigenvalue weighted by Gasteiger charge is -2.42. The maximum Gasteiger partial charge on any atom is 0.00795 e. The fourth-order valence-electron chi connectivity index (χ4n) is 3.70. The maximum absolute atomic E-state index is 6.41. The Bertz CT molecular complexity index is 280. The molecule has 0 aromatic carbocycles. The molecule has 120 valence electrons. The fourth-order valence-corrected chi connectivity index (χ4v) is 3.70.